The van der Waals surface area contributed by atoms with Gasteiger partial charge in [0.05, 0.1) is 6.61 Å². The van der Waals surface area contributed by atoms with E-state index >= 15 is 0 Å². The monoisotopic (exact) mass is 295 g/mol. The van der Waals surface area contributed by atoms with Crippen molar-refractivity contribution >= 4 is 11.8 Å². The number of hydrogen-bond acceptors (Lipinski definition) is 7. The number of nitriles is 1. The quantitative estimate of drug-likeness (QED) is 0.511. The van der Waals surface area contributed by atoms with Crippen molar-refractivity contribution in [2.45, 2.75) is 6.92 Å². The third kappa shape index (κ3) is 3.86. The Labute approximate surface area is 127 Å². The second-order valence-corrected chi connectivity index (χ2v) is 4.04. The fraction of sp³-hybridized carbons (Fsp3) is 0.133. The van der Waals surface area contributed by atoms with Gasteiger partial charge in [0, 0.05) is 30.4 Å². The molecule has 22 heavy (non-hydrogen) atoms. The van der Waals surface area contributed by atoms with Crippen LogP contribution in [-0.4, -0.2) is 27.5 Å². The topological polar surface area (TPSA) is 101 Å². The first-order valence-corrected chi connectivity index (χ1v) is 6.52. The highest BCUT2D eigenvalue weighted by molar-refractivity contribution is 5.93. The van der Waals surface area contributed by atoms with Gasteiger partial charge in [0.15, 0.2) is 11.4 Å². The van der Waals surface area contributed by atoms with Crippen LogP contribution < -0.4 is 5.32 Å². The minimum atomic E-state index is -0.680. The summed E-state index contributed by atoms with van der Waals surface area (Å²) < 4.78 is 4.77. The highest BCUT2D eigenvalue weighted by Crippen LogP contribution is 2.14. The lowest BCUT2D eigenvalue weighted by atomic mass is 10.2. The van der Waals surface area contributed by atoms with Crippen LogP contribution in [0.2, 0.25) is 0 Å². The zero-order valence-electron chi connectivity index (χ0n) is 11.9. The number of carbonyl (C=O) groups excluding carboxylic acids is 1. The van der Waals surface area contributed by atoms with Gasteiger partial charge >= 0.3 is 5.97 Å². The molecule has 0 saturated heterocycles. The lowest BCUT2D eigenvalue weighted by Crippen LogP contribution is -2.08. The molecule has 2 aromatic rings. The van der Waals surface area contributed by atoms with Gasteiger partial charge in [-0.3, -0.25) is 4.98 Å². The second kappa shape index (κ2) is 7.50. The van der Waals surface area contributed by atoms with Gasteiger partial charge in [-0.2, -0.15) is 5.26 Å². The molecule has 110 valence electrons. The lowest BCUT2D eigenvalue weighted by molar-refractivity contribution is -0.138. The van der Waals surface area contributed by atoms with E-state index in [0.29, 0.717) is 11.6 Å². The molecule has 1 N–H and O–H groups in total. The van der Waals surface area contributed by atoms with E-state index in [0.717, 1.165) is 5.56 Å². The molecule has 0 spiro atoms. The standard InChI is InChI=1S/C15H13N5O2/c1-2-22-15(21)12(9-16)10-19-13-5-8-18-14(20-13)11-3-6-17-7-4-11/h3-8,10H,2H2,1H3,(H,18,19,20). The highest BCUT2D eigenvalue weighted by Gasteiger charge is 2.09. The number of nitrogens with zero attached hydrogens (tertiary/aromatic N) is 4. The van der Waals surface area contributed by atoms with Crippen LogP contribution in [0.4, 0.5) is 5.82 Å². The Morgan fingerprint density at radius 3 is 2.82 bits per heavy atom. The molecule has 0 aliphatic carbocycles. The van der Waals surface area contributed by atoms with Gasteiger partial charge in [0.1, 0.15) is 11.9 Å². The van der Waals surface area contributed by atoms with E-state index in [1.54, 1.807) is 49.8 Å². The molecule has 0 radical (unpaired) electrons. The maximum absolute atomic E-state index is 11.5. The van der Waals surface area contributed by atoms with Crippen molar-refractivity contribution in [3.8, 4) is 17.5 Å². The van der Waals surface area contributed by atoms with Gasteiger partial charge in [0.25, 0.3) is 0 Å². The summed E-state index contributed by atoms with van der Waals surface area (Å²) in [6.45, 7) is 1.88. The van der Waals surface area contributed by atoms with Gasteiger partial charge in [0.2, 0.25) is 0 Å². The Hall–Kier alpha value is -3.27. The normalized spacial score (nSPS) is 10.6. The summed E-state index contributed by atoms with van der Waals surface area (Å²) in [7, 11) is 0. The van der Waals surface area contributed by atoms with Crippen molar-refractivity contribution in [3.05, 3.63) is 48.6 Å². The fourth-order valence-corrected chi connectivity index (χ4v) is 1.57. The maximum atomic E-state index is 11.5. The second-order valence-electron chi connectivity index (χ2n) is 4.04. The number of rotatable bonds is 5. The number of pyridine rings is 1. The first-order valence-electron chi connectivity index (χ1n) is 6.52. The maximum Gasteiger partial charge on any atom is 0.350 e. The number of nitrogens with one attached hydrogen (secondary N) is 1. The average molecular weight is 295 g/mol. The Bertz CT molecular complexity index is 722. The largest absolute Gasteiger partial charge is 0.462 e. The molecule has 0 aliphatic heterocycles. The van der Waals surface area contributed by atoms with Gasteiger partial charge in [-0.05, 0) is 25.1 Å². The summed E-state index contributed by atoms with van der Waals surface area (Å²) in [4.78, 5) is 23.9. The van der Waals surface area contributed by atoms with Crippen molar-refractivity contribution in [3.63, 3.8) is 0 Å². The van der Waals surface area contributed by atoms with Crippen LogP contribution >= 0.6 is 0 Å². The first kappa shape index (κ1) is 15.1. The lowest BCUT2D eigenvalue weighted by Gasteiger charge is -2.04. The predicted octanol–water partition coefficient (Wildman–Crippen LogP) is 1.92. The van der Waals surface area contributed by atoms with Crippen LogP contribution in [0, 0.1) is 11.3 Å². The Morgan fingerprint density at radius 1 is 1.36 bits per heavy atom. The van der Waals surface area contributed by atoms with Crippen LogP contribution in [0.15, 0.2) is 48.6 Å². The number of aromatic nitrogens is 3. The summed E-state index contributed by atoms with van der Waals surface area (Å²) in [5.41, 5.74) is 0.680. The molecule has 0 unspecified atom stereocenters. The van der Waals surface area contributed by atoms with Crippen LogP contribution in [0.1, 0.15) is 6.92 Å². The molecule has 7 nitrogen and oxygen atoms in total. The van der Waals surface area contributed by atoms with E-state index in [1.807, 2.05) is 0 Å². The van der Waals surface area contributed by atoms with Crippen LogP contribution in [0.5, 0.6) is 0 Å². The number of ether oxygens (including phenoxy) is 1. The molecule has 0 bridgehead atoms. The minimum absolute atomic E-state index is 0.133. The zero-order chi connectivity index (χ0) is 15.8. The molecule has 0 amide bonds. The van der Waals surface area contributed by atoms with E-state index in [1.165, 1.54) is 6.20 Å². The smallest absolute Gasteiger partial charge is 0.350 e. The highest BCUT2D eigenvalue weighted by atomic mass is 16.5. The molecular weight excluding hydrogens is 282 g/mol. The van der Waals surface area contributed by atoms with E-state index < -0.39 is 5.97 Å². The Morgan fingerprint density at radius 2 is 2.14 bits per heavy atom. The van der Waals surface area contributed by atoms with Crippen molar-refractivity contribution in [2.75, 3.05) is 11.9 Å². The zero-order valence-corrected chi connectivity index (χ0v) is 11.9. The number of esters is 1. The molecule has 7 heteroatoms. The molecule has 2 aromatic heterocycles. The van der Waals surface area contributed by atoms with Crippen LogP contribution in [-0.2, 0) is 9.53 Å². The Balaban J connectivity index is 2.17. The number of hydrogen-bond donors (Lipinski definition) is 1. The SMILES string of the molecule is CCOC(=O)C(C#N)=CNc1ccnc(-c2ccncc2)n1. The summed E-state index contributed by atoms with van der Waals surface area (Å²) in [6.07, 6.45) is 6.13. The van der Waals surface area contributed by atoms with E-state index in [2.05, 4.69) is 20.3 Å². The first-order chi connectivity index (χ1) is 10.7. The molecule has 0 aliphatic rings. The van der Waals surface area contributed by atoms with E-state index in [-0.39, 0.29) is 12.2 Å². The summed E-state index contributed by atoms with van der Waals surface area (Å²) in [5.74, 6) is 0.287. The number of carbonyl (C=O) groups is 1. The predicted molar refractivity (Wildman–Crippen MR) is 79.2 cm³/mol. The van der Waals surface area contributed by atoms with Crippen molar-refractivity contribution in [1.82, 2.24) is 15.0 Å². The van der Waals surface area contributed by atoms with Gasteiger partial charge in [-0.25, -0.2) is 14.8 Å². The molecule has 0 aromatic carbocycles. The Kier molecular flexibility index (Phi) is 5.15. The third-order valence-corrected chi connectivity index (χ3v) is 2.57. The summed E-state index contributed by atoms with van der Waals surface area (Å²) >= 11 is 0. The molecule has 2 rings (SSSR count). The molecule has 0 saturated carbocycles. The van der Waals surface area contributed by atoms with Crippen molar-refractivity contribution in [2.24, 2.45) is 0 Å². The van der Waals surface area contributed by atoms with Crippen LogP contribution in [0.3, 0.4) is 0 Å². The van der Waals surface area contributed by atoms with Crippen LogP contribution in [0.25, 0.3) is 11.4 Å². The van der Waals surface area contributed by atoms with Gasteiger partial charge < -0.3 is 10.1 Å². The molecule has 0 atom stereocenters. The van der Waals surface area contributed by atoms with Gasteiger partial charge in [-0.1, -0.05) is 0 Å². The molecule has 2 heterocycles. The molecular formula is C15H13N5O2. The summed E-state index contributed by atoms with van der Waals surface area (Å²) in [6, 6.07) is 6.97. The molecule has 0 fully saturated rings. The summed E-state index contributed by atoms with van der Waals surface area (Å²) in [5, 5.41) is 11.7. The third-order valence-electron chi connectivity index (χ3n) is 2.57. The minimum Gasteiger partial charge on any atom is -0.462 e. The van der Waals surface area contributed by atoms with Gasteiger partial charge in [-0.15, -0.1) is 0 Å². The van der Waals surface area contributed by atoms with Crippen molar-refractivity contribution < 1.29 is 9.53 Å². The van der Waals surface area contributed by atoms with E-state index in [9.17, 15) is 4.79 Å². The number of anilines is 1. The average Bonchev–Trinajstić information content (AvgIpc) is 2.57. The van der Waals surface area contributed by atoms with E-state index in [4.69, 9.17) is 10.00 Å². The van der Waals surface area contributed by atoms with Crippen molar-refractivity contribution in [1.29, 1.82) is 5.26 Å². The fourth-order valence-electron chi connectivity index (χ4n) is 1.57.